The van der Waals surface area contributed by atoms with Crippen LogP contribution in [-0.4, -0.2) is 21.9 Å². The summed E-state index contributed by atoms with van der Waals surface area (Å²) in [7, 11) is 0. The molecule has 0 amide bonds. The van der Waals surface area contributed by atoms with Crippen LogP contribution in [0.25, 0.3) is 0 Å². The number of hydrogen-bond acceptors (Lipinski definition) is 3. The lowest BCUT2D eigenvalue weighted by Crippen LogP contribution is -2.29. The Morgan fingerprint density at radius 3 is 2.94 bits per heavy atom. The zero-order valence-electron chi connectivity index (χ0n) is 9.83. The molecule has 0 saturated heterocycles. The van der Waals surface area contributed by atoms with Crippen LogP contribution in [0.15, 0.2) is 28.4 Å². The summed E-state index contributed by atoms with van der Waals surface area (Å²) in [5.74, 6) is 0.618. The molecule has 0 aliphatic heterocycles. The lowest BCUT2D eigenvalue weighted by molar-refractivity contribution is 0.890. The van der Waals surface area contributed by atoms with Gasteiger partial charge < -0.3 is 10.6 Å². The Balaban J connectivity index is 2.35. The maximum atomic E-state index is 5.14. The second-order valence-corrected chi connectivity index (χ2v) is 4.94. The molecule has 0 aliphatic carbocycles. The summed E-state index contributed by atoms with van der Waals surface area (Å²) in [6, 6.07) is 1.81. The minimum atomic E-state index is 0.549. The van der Waals surface area contributed by atoms with E-state index >= 15 is 0 Å². The summed E-state index contributed by atoms with van der Waals surface area (Å²) < 4.78 is 0.834. The van der Waals surface area contributed by atoms with Gasteiger partial charge in [-0.25, -0.2) is 0 Å². The minimum absolute atomic E-state index is 0.549. The van der Waals surface area contributed by atoms with Gasteiger partial charge in [-0.1, -0.05) is 11.6 Å². The Morgan fingerprint density at radius 2 is 2.29 bits per heavy atom. The molecule has 6 heteroatoms. The van der Waals surface area contributed by atoms with Crippen molar-refractivity contribution in [3.05, 3.63) is 28.4 Å². The monoisotopic (exact) mass is 314 g/mol. The SMILES string of the molecule is CC(C)=CCCNC(=S)Nc1nnccc1Br. The molecule has 17 heavy (non-hydrogen) atoms. The van der Waals surface area contributed by atoms with Crippen LogP contribution in [0.1, 0.15) is 20.3 Å². The molecule has 1 rings (SSSR count). The van der Waals surface area contributed by atoms with Gasteiger partial charge in [0.1, 0.15) is 0 Å². The van der Waals surface area contributed by atoms with Crippen LogP contribution < -0.4 is 10.6 Å². The second-order valence-electron chi connectivity index (χ2n) is 3.68. The van der Waals surface area contributed by atoms with Crippen LogP contribution in [0.4, 0.5) is 5.82 Å². The molecule has 0 radical (unpaired) electrons. The number of hydrogen-bond donors (Lipinski definition) is 2. The quantitative estimate of drug-likeness (QED) is 0.508. The zero-order chi connectivity index (χ0) is 12.7. The van der Waals surface area contributed by atoms with Crippen LogP contribution in [0.5, 0.6) is 0 Å². The predicted molar refractivity (Wildman–Crippen MR) is 78.0 cm³/mol. The number of allylic oxidation sites excluding steroid dienone is 1. The predicted octanol–water partition coefficient (Wildman–Crippen LogP) is 2.88. The molecule has 0 atom stereocenters. The third kappa shape index (κ3) is 5.74. The van der Waals surface area contributed by atoms with Gasteiger partial charge in [-0.3, -0.25) is 0 Å². The summed E-state index contributed by atoms with van der Waals surface area (Å²) >= 11 is 8.51. The fraction of sp³-hybridized carbons (Fsp3) is 0.364. The normalized spacial score (nSPS) is 9.59. The van der Waals surface area contributed by atoms with Gasteiger partial charge in [0.15, 0.2) is 10.9 Å². The highest BCUT2D eigenvalue weighted by Crippen LogP contribution is 2.16. The summed E-state index contributed by atoms with van der Waals surface area (Å²) in [4.78, 5) is 0. The molecule has 0 aliphatic rings. The number of thiocarbonyl (C=S) groups is 1. The Morgan fingerprint density at radius 1 is 1.53 bits per heavy atom. The van der Waals surface area contributed by atoms with Gasteiger partial charge >= 0.3 is 0 Å². The highest BCUT2D eigenvalue weighted by Gasteiger charge is 2.02. The molecule has 1 aromatic rings. The van der Waals surface area contributed by atoms with Crippen LogP contribution in [0, 0.1) is 0 Å². The minimum Gasteiger partial charge on any atom is -0.362 e. The molecule has 0 saturated carbocycles. The number of nitrogens with zero attached hydrogens (tertiary/aromatic N) is 2. The molecular formula is C11H15BrN4S. The first-order valence-corrected chi connectivity index (χ1v) is 6.45. The summed E-state index contributed by atoms with van der Waals surface area (Å²) in [5.41, 5.74) is 1.31. The van der Waals surface area contributed by atoms with E-state index < -0.39 is 0 Å². The molecule has 1 aromatic heterocycles. The topological polar surface area (TPSA) is 49.8 Å². The average Bonchev–Trinajstić information content (AvgIpc) is 2.27. The number of anilines is 1. The fourth-order valence-electron chi connectivity index (χ4n) is 1.10. The number of aromatic nitrogens is 2. The third-order valence-corrected chi connectivity index (χ3v) is 2.77. The maximum absolute atomic E-state index is 5.14. The van der Waals surface area contributed by atoms with E-state index in [0.717, 1.165) is 17.4 Å². The zero-order valence-corrected chi connectivity index (χ0v) is 12.2. The lowest BCUT2D eigenvalue weighted by atomic mass is 10.3. The first kappa shape index (κ1) is 14.1. The Bertz CT molecular complexity index is 416. The Kier molecular flexibility index (Phi) is 6.07. The van der Waals surface area contributed by atoms with Crippen molar-refractivity contribution in [2.24, 2.45) is 0 Å². The van der Waals surface area contributed by atoms with Gasteiger partial charge in [-0.05, 0) is 54.5 Å². The molecule has 1 heterocycles. The van der Waals surface area contributed by atoms with Crippen LogP contribution in [-0.2, 0) is 0 Å². The largest absolute Gasteiger partial charge is 0.362 e. The fourth-order valence-corrected chi connectivity index (χ4v) is 1.59. The first-order valence-electron chi connectivity index (χ1n) is 5.25. The van der Waals surface area contributed by atoms with E-state index in [0.29, 0.717) is 10.9 Å². The summed E-state index contributed by atoms with van der Waals surface area (Å²) in [6.07, 6.45) is 4.72. The van der Waals surface area contributed by atoms with Crippen molar-refractivity contribution >= 4 is 39.1 Å². The van der Waals surface area contributed by atoms with Crippen molar-refractivity contribution in [3.63, 3.8) is 0 Å². The lowest BCUT2D eigenvalue weighted by Gasteiger charge is -2.09. The summed E-state index contributed by atoms with van der Waals surface area (Å²) in [5, 5.41) is 14.3. The smallest absolute Gasteiger partial charge is 0.172 e. The molecular weight excluding hydrogens is 300 g/mol. The van der Waals surface area contributed by atoms with Crippen LogP contribution in [0.3, 0.4) is 0 Å². The number of halogens is 1. The van der Waals surface area contributed by atoms with E-state index in [1.54, 1.807) is 12.3 Å². The van der Waals surface area contributed by atoms with E-state index in [1.165, 1.54) is 5.57 Å². The van der Waals surface area contributed by atoms with Crippen molar-refractivity contribution in [2.75, 3.05) is 11.9 Å². The van der Waals surface area contributed by atoms with Crippen molar-refractivity contribution in [1.82, 2.24) is 15.5 Å². The van der Waals surface area contributed by atoms with E-state index in [9.17, 15) is 0 Å². The Hall–Kier alpha value is -1.01. The highest BCUT2D eigenvalue weighted by molar-refractivity contribution is 9.10. The summed E-state index contributed by atoms with van der Waals surface area (Å²) in [6.45, 7) is 4.95. The highest BCUT2D eigenvalue weighted by atomic mass is 79.9. The molecule has 0 spiro atoms. The van der Waals surface area contributed by atoms with Crippen LogP contribution >= 0.6 is 28.1 Å². The molecule has 0 bridgehead atoms. The van der Waals surface area contributed by atoms with Crippen molar-refractivity contribution in [2.45, 2.75) is 20.3 Å². The average molecular weight is 315 g/mol. The number of nitrogens with one attached hydrogen (secondary N) is 2. The third-order valence-electron chi connectivity index (χ3n) is 1.89. The standard InChI is InChI=1S/C11H15BrN4S/c1-8(2)4-3-6-13-11(17)15-10-9(12)5-7-14-16-10/h4-5,7H,3,6H2,1-2H3,(H2,13,15,16,17). The van der Waals surface area contributed by atoms with Gasteiger partial charge in [0, 0.05) is 6.54 Å². The molecule has 0 aromatic carbocycles. The van der Waals surface area contributed by atoms with Crippen molar-refractivity contribution in [1.29, 1.82) is 0 Å². The molecule has 92 valence electrons. The molecule has 2 N–H and O–H groups in total. The molecule has 0 unspecified atom stereocenters. The van der Waals surface area contributed by atoms with E-state index in [-0.39, 0.29) is 0 Å². The van der Waals surface area contributed by atoms with Crippen molar-refractivity contribution < 1.29 is 0 Å². The van der Waals surface area contributed by atoms with Crippen LogP contribution in [0.2, 0.25) is 0 Å². The second kappa shape index (κ2) is 7.34. The number of rotatable bonds is 4. The molecule has 0 fully saturated rings. The Labute approximate surface area is 115 Å². The van der Waals surface area contributed by atoms with Gasteiger partial charge in [0.25, 0.3) is 0 Å². The van der Waals surface area contributed by atoms with E-state index in [2.05, 4.69) is 56.7 Å². The van der Waals surface area contributed by atoms with Crippen molar-refractivity contribution in [3.8, 4) is 0 Å². The van der Waals surface area contributed by atoms with Gasteiger partial charge in [-0.15, -0.1) is 5.10 Å². The van der Waals surface area contributed by atoms with Gasteiger partial charge in [-0.2, -0.15) is 5.10 Å². The van der Waals surface area contributed by atoms with Gasteiger partial charge in [0.05, 0.1) is 10.7 Å². The first-order chi connectivity index (χ1) is 8.09. The molecule has 4 nitrogen and oxygen atoms in total. The van der Waals surface area contributed by atoms with E-state index in [4.69, 9.17) is 12.2 Å². The van der Waals surface area contributed by atoms with E-state index in [1.807, 2.05) is 0 Å². The van der Waals surface area contributed by atoms with Gasteiger partial charge in [0.2, 0.25) is 0 Å². The maximum Gasteiger partial charge on any atom is 0.172 e.